The molecule has 0 aromatic heterocycles. The Balaban J connectivity index is 2.25. The van der Waals surface area contributed by atoms with Crippen molar-refractivity contribution in [2.45, 2.75) is 0 Å². The molecule has 23 heavy (non-hydrogen) atoms. The number of carbonyl (C=O) groups excluding carboxylic acids is 2. The predicted octanol–water partition coefficient (Wildman–Crippen LogP) is 2.08. The van der Waals surface area contributed by atoms with Crippen LogP contribution in [0.15, 0.2) is 23.1 Å². The SMILES string of the molecule is COC(=O)CN1C(=O)/C(=C/c2ccc(OC)c(OC)c2)SC1=S. The Labute approximate surface area is 143 Å². The minimum Gasteiger partial charge on any atom is -0.493 e. The number of nitrogens with zero attached hydrogens (tertiary/aromatic N) is 1. The van der Waals surface area contributed by atoms with Gasteiger partial charge in [0.1, 0.15) is 10.9 Å². The summed E-state index contributed by atoms with van der Waals surface area (Å²) in [6.07, 6.45) is 1.69. The standard InChI is InChI=1S/C15H15NO5S2/c1-19-10-5-4-9(6-11(10)20-2)7-12-14(18)16(15(22)23-12)8-13(17)21-3/h4-7H,8H2,1-3H3/b12-7-. The van der Waals surface area contributed by atoms with Crippen LogP contribution in [0.4, 0.5) is 0 Å². The van der Waals surface area contributed by atoms with Crippen LogP contribution >= 0.6 is 24.0 Å². The number of esters is 1. The van der Waals surface area contributed by atoms with Crippen molar-refractivity contribution in [3.05, 3.63) is 28.7 Å². The van der Waals surface area contributed by atoms with Crippen LogP contribution in [0.3, 0.4) is 0 Å². The summed E-state index contributed by atoms with van der Waals surface area (Å²) in [7, 11) is 4.35. The fraction of sp³-hybridized carbons (Fsp3) is 0.267. The molecule has 8 heteroatoms. The predicted molar refractivity (Wildman–Crippen MR) is 91.4 cm³/mol. The number of thioether (sulfide) groups is 1. The van der Waals surface area contributed by atoms with Gasteiger partial charge < -0.3 is 14.2 Å². The van der Waals surface area contributed by atoms with Crippen molar-refractivity contribution in [3.8, 4) is 11.5 Å². The second-order valence-electron chi connectivity index (χ2n) is 4.46. The summed E-state index contributed by atoms with van der Waals surface area (Å²) in [5.41, 5.74) is 0.765. The van der Waals surface area contributed by atoms with E-state index in [2.05, 4.69) is 4.74 Å². The van der Waals surface area contributed by atoms with Gasteiger partial charge >= 0.3 is 5.97 Å². The van der Waals surface area contributed by atoms with Crippen molar-refractivity contribution in [2.24, 2.45) is 0 Å². The van der Waals surface area contributed by atoms with Crippen molar-refractivity contribution >= 4 is 46.3 Å². The monoisotopic (exact) mass is 353 g/mol. The minimum atomic E-state index is -0.520. The lowest BCUT2D eigenvalue weighted by Crippen LogP contribution is -2.33. The third kappa shape index (κ3) is 3.83. The zero-order valence-electron chi connectivity index (χ0n) is 12.8. The first-order valence-electron chi connectivity index (χ1n) is 6.54. The van der Waals surface area contributed by atoms with E-state index < -0.39 is 5.97 Å². The summed E-state index contributed by atoms with van der Waals surface area (Å²) in [6.45, 7) is -0.190. The normalized spacial score (nSPS) is 16.0. The van der Waals surface area contributed by atoms with Crippen LogP contribution in [0.2, 0.25) is 0 Å². The van der Waals surface area contributed by atoms with Crippen LogP contribution in [0.1, 0.15) is 5.56 Å². The molecule has 1 aromatic carbocycles. The fourth-order valence-corrected chi connectivity index (χ4v) is 3.18. The molecule has 1 fully saturated rings. The fourth-order valence-electron chi connectivity index (χ4n) is 1.92. The topological polar surface area (TPSA) is 65.1 Å². The van der Waals surface area contributed by atoms with Crippen molar-refractivity contribution < 1.29 is 23.8 Å². The van der Waals surface area contributed by atoms with Crippen LogP contribution in [-0.4, -0.2) is 49.0 Å². The van der Waals surface area contributed by atoms with Gasteiger partial charge in [-0.05, 0) is 23.8 Å². The van der Waals surface area contributed by atoms with Gasteiger partial charge in [0.15, 0.2) is 11.5 Å². The molecule has 0 aliphatic carbocycles. The number of methoxy groups -OCH3 is 3. The lowest BCUT2D eigenvalue weighted by molar-refractivity contribution is -0.143. The van der Waals surface area contributed by atoms with Crippen molar-refractivity contribution in [3.63, 3.8) is 0 Å². The largest absolute Gasteiger partial charge is 0.493 e. The number of hydrogen-bond acceptors (Lipinski definition) is 7. The summed E-state index contributed by atoms with van der Waals surface area (Å²) >= 11 is 6.28. The Morgan fingerprint density at radius 1 is 1.26 bits per heavy atom. The van der Waals surface area contributed by atoms with Crippen LogP contribution < -0.4 is 9.47 Å². The van der Waals surface area contributed by atoms with Crippen molar-refractivity contribution in [1.82, 2.24) is 4.90 Å². The molecule has 0 unspecified atom stereocenters. The number of carbonyl (C=O) groups is 2. The number of amides is 1. The highest BCUT2D eigenvalue weighted by atomic mass is 32.2. The first-order valence-corrected chi connectivity index (χ1v) is 7.76. The molecule has 0 N–H and O–H groups in total. The Morgan fingerprint density at radius 3 is 2.57 bits per heavy atom. The van der Waals surface area contributed by atoms with E-state index in [1.807, 2.05) is 0 Å². The smallest absolute Gasteiger partial charge is 0.325 e. The number of thiocarbonyl (C=S) groups is 1. The molecule has 2 rings (SSSR count). The Hall–Kier alpha value is -2.06. The van der Waals surface area contributed by atoms with E-state index in [9.17, 15) is 9.59 Å². The molecule has 1 amide bonds. The molecule has 1 aliphatic rings. The molecular formula is C15H15NO5S2. The Bertz CT molecular complexity index is 686. The highest BCUT2D eigenvalue weighted by Gasteiger charge is 2.33. The van der Waals surface area contributed by atoms with Crippen LogP contribution in [-0.2, 0) is 14.3 Å². The van der Waals surface area contributed by atoms with Gasteiger partial charge in [0, 0.05) is 0 Å². The Kier molecular flexibility index (Phi) is 5.62. The van der Waals surface area contributed by atoms with Gasteiger partial charge in [-0.25, -0.2) is 0 Å². The molecule has 0 bridgehead atoms. The van der Waals surface area contributed by atoms with Crippen molar-refractivity contribution in [1.29, 1.82) is 0 Å². The third-order valence-corrected chi connectivity index (χ3v) is 4.47. The van der Waals surface area contributed by atoms with Gasteiger partial charge in [0.25, 0.3) is 5.91 Å². The van der Waals surface area contributed by atoms with E-state index in [4.69, 9.17) is 21.7 Å². The van der Waals surface area contributed by atoms with E-state index in [1.54, 1.807) is 31.4 Å². The average molecular weight is 353 g/mol. The van der Waals surface area contributed by atoms with E-state index >= 15 is 0 Å². The Morgan fingerprint density at radius 2 is 1.96 bits per heavy atom. The third-order valence-electron chi connectivity index (χ3n) is 3.09. The van der Waals surface area contributed by atoms with Crippen LogP contribution in [0.25, 0.3) is 6.08 Å². The number of hydrogen-bond donors (Lipinski definition) is 0. The van der Waals surface area contributed by atoms with Gasteiger partial charge in [-0.1, -0.05) is 30.0 Å². The number of ether oxygens (including phenoxy) is 3. The first-order chi connectivity index (χ1) is 11.0. The van der Waals surface area contributed by atoms with Gasteiger partial charge in [-0.3, -0.25) is 14.5 Å². The lowest BCUT2D eigenvalue weighted by Gasteiger charge is -2.12. The molecule has 1 aromatic rings. The maximum atomic E-state index is 12.3. The van der Waals surface area contributed by atoms with Crippen molar-refractivity contribution in [2.75, 3.05) is 27.9 Å². The van der Waals surface area contributed by atoms with Crippen LogP contribution in [0, 0.1) is 0 Å². The highest BCUT2D eigenvalue weighted by Crippen LogP contribution is 2.34. The average Bonchev–Trinajstić information content (AvgIpc) is 2.82. The second kappa shape index (κ2) is 7.47. The summed E-state index contributed by atoms with van der Waals surface area (Å²) in [4.78, 5) is 25.3. The quantitative estimate of drug-likeness (QED) is 0.456. The molecule has 0 atom stereocenters. The zero-order chi connectivity index (χ0) is 17.0. The van der Waals surface area contributed by atoms with Gasteiger partial charge in [0.2, 0.25) is 0 Å². The second-order valence-corrected chi connectivity index (χ2v) is 6.13. The number of benzene rings is 1. The summed E-state index contributed by atoms with van der Waals surface area (Å²) in [5.74, 6) is 0.322. The summed E-state index contributed by atoms with van der Waals surface area (Å²) < 4.78 is 15.3. The molecule has 1 aliphatic heterocycles. The molecule has 1 heterocycles. The molecule has 0 spiro atoms. The number of rotatable bonds is 5. The van der Waals surface area contributed by atoms with Crippen LogP contribution in [0.5, 0.6) is 11.5 Å². The maximum Gasteiger partial charge on any atom is 0.325 e. The van der Waals surface area contributed by atoms with E-state index in [1.165, 1.54) is 19.1 Å². The molecule has 0 radical (unpaired) electrons. The van der Waals surface area contributed by atoms with E-state index in [0.29, 0.717) is 20.7 Å². The van der Waals surface area contributed by atoms with Gasteiger partial charge in [-0.2, -0.15) is 0 Å². The molecule has 1 saturated heterocycles. The van der Waals surface area contributed by atoms with E-state index in [0.717, 1.165) is 17.3 Å². The molecule has 6 nitrogen and oxygen atoms in total. The highest BCUT2D eigenvalue weighted by molar-refractivity contribution is 8.26. The maximum absolute atomic E-state index is 12.3. The lowest BCUT2D eigenvalue weighted by atomic mass is 10.2. The molecular weight excluding hydrogens is 338 g/mol. The minimum absolute atomic E-state index is 0.190. The van der Waals surface area contributed by atoms with Gasteiger partial charge in [0.05, 0.1) is 26.2 Å². The first kappa shape index (κ1) is 17.3. The van der Waals surface area contributed by atoms with E-state index in [-0.39, 0.29) is 12.5 Å². The summed E-state index contributed by atoms with van der Waals surface area (Å²) in [5, 5.41) is 0. The zero-order valence-corrected chi connectivity index (χ0v) is 14.5. The summed E-state index contributed by atoms with van der Waals surface area (Å²) in [6, 6.07) is 5.31. The molecule has 122 valence electrons. The molecule has 0 saturated carbocycles. The van der Waals surface area contributed by atoms with Gasteiger partial charge in [-0.15, -0.1) is 0 Å².